The van der Waals surface area contributed by atoms with Crippen molar-refractivity contribution in [3.63, 3.8) is 0 Å². The Hall–Kier alpha value is -3.63. The summed E-state index contributed by atoms with van der Waals surface area (Å²) in [6.45, 7) is 4.82. The molecule has 3 atom stereocenters. The normalized spacial score (nSPS) is 16.7. The second-order valence-electron chi connectivity index (χ2n) is 10.8. The topological polar surface area (TPSA) is 140 Å². The van der Waals surface area contributed by atoms with Crippen molar-refractivity contribution < 1.29 is 29.0 Å². The molecule has 1 aliphatic heterocycles. The van der Waals surface area contributed by atoms with Crippen molar-refractivity contribution in [3.05, 3.63) is 71.0 Å². The zero-order chi connectivity index (χ0) is 28.6. The summed E-state index contributed by atoms with van der Waals surface area (Å²) in [7, 11) is 0. The third-order valence-electron chi connectivity index (χ3n) is 6.59. The van der Waals surface area contributed by atoms with Crippen molar-refractivity contribution in [2.75, 3.05) is 26.2 Å². The molecule has 3 amide bonds. The number of rotatable bonds is 10. The summed E-state index contributed by atoms with van der Waals surface area (Å²) in [5.74, 6) is -1.78. The molecular weight excluding hydrogens is 503 g/mol. The molecule has 1 aliphatic rings. The minimum Gasteiger partial charge on any atom is -0.394 e. The first-order chi connectivity index (χ1) is 18.5. The minimum atomic E-state index is -1.09. The lowest BCUT2D eigenvalue weighted by atomic mass is 9.85. The molecule has 0 fully saturated rings. The molecule has 5 N–H and O–H groups in total. The first kappa shape index (κ1) is 29.9. The molecule has 1 heterocycles. The van der Waals surface area contributed by atoms with Crippen molar-refractivity contribution in [3.8, 4) is 0 Å². The summed E-state index contributed by atoms with van der Waals surface area (Å²) < 4.78 is 13.4. The number of hydrogen-bond acceptors (Lipinski definition) is 6. The number of nitrogens with one attached hydrogen (secondary N) is 3. The average molecular weight is 541 g/mol. The molecule has 2 aromatic rings. The van der Waals surface area contributed by atoms with Crippen molar-refractivity contribution >= 4 is 23.4 Å². The lowest BCUT2D eigenvalue weighted by molar-refractivity contribution is -0.131. The van der Waals surface area contributed by atoms with Gasteiger partial charge in [-0.1, -0.05) is 57.2 Å². The molecule has 9 nitrogen and oxygen atoms in total. The monoisotopic (exact) mass is 540 g/mol. The van der Waals surface area contributed by atoms with E-state index in [1.54, 1.807) is 32.9 Å². The summed E-state index contributed by atoms with van der Waals surface area (Å²) in [5, 5.41) is 26.0. The largest absolute Gasteiger partial charge is 0.394 e. The number of hydrogen-bond donors (Lipinski definition) is 5. The summed E-state index contributed by atoms with van der Waals surface area (Å²) >= 11 is 0. The standard InChI is InChI=1S/C29H37FN4O5/c1-29(2,3)26(28(39)33-16-24(37)32-15-21(36)17-35)34-27(38)25-23-7-5-4-6-22(23)19(12-13-31-25)14-18-8-10-20(30)11-9-18/h4-11,19,21,26,35-36H,12-17H2,1-3H3,(H,32,37)(H,33,39)(H,34,38)/t19?,21-,26-/m1/s1. The van der Waals surface area contributed by atoms with Crippen molar-refractivity contribution in [1.82, 2.24) is 16.0 Å². The van der Waals surface area contributed by atoms with E-state index >= 15 is 0 Å². The SMILES string of the molecule is CC(C)(C)[C@H](NC(=O)C1=NCCC(Cc2ccc(F)cc2)c2ccccc21)C(=O)NCC(=O)NC[C@@H](O)CO. The molecule has 0 radical (unpaired) electrons. The van der Waals surface area contributed by atoms with E-state index in [-0.39, 0.29) is 30.5 Å². The summed E-state index contributed by atoms with van der Waals surface area (Å²) in [5.41, 5.74) is 2.20. The van der Waals surface area contributed by atoms with E-state index in [9.17, 15) is 23.9 Å². The average Bonchev–Trinajstić information content (AvgIpc) is 3.09. The lowest BCUT2D eigenvalue weighted by Crippen LogP contribution is -2.56. The van der Waals surface area contributed by atoms with Crippen LogP contribution in [-0.4, -0.2) is 72.0 Å². The van der Waals surface area contributed by atoms with E-state index in [4.69, 9.17) is 5.11 Å². The van der Waals surface area contributed by atoms with Crippen molar-refractivity contribution in [2.45, 2.75) is 51.7 Å². The maximum Gasteiger partial charge on any atom is 0.270 e. The first-order valence-electron chi connectivity index (χ1n) is 13.0. The van der Waals surface area contributed by atoms with Crippen LogP contribution in [-0.2, 0) is 20.8 Å². The van der Waals surface area contributed by atoms with Crippen molar-refractivity contribution in [2.24, 2.45) is 10.4 Å². The molecule has 2 aromatic carbocycles. The molecule has 10 heteroatoms. The Morgan fingerprint density at radius 2 is 1.77 bits per heavy atom. The van der Waals surface area contributed by atoms with Gasteiger partial charge in [0.25, 0.3) is 5.91 Å². The van der Waals surface area contributed by atoms with Crippen LogP contribution in [0.1, 0.15) is 49.8 Å². The lowest BCUT2D eigenvalue weighted by Gasteiger charge is -2.30. The highest BCUT2D eigenvalue weighted by Gasteiger charge is 2.35. The van der Waals surface area contributed by atoms with E-state index < -0.39 is 41.9 Å². The molecule has 39 heavy (non-hydrogen) atoms. The fourth-order valence-corrected chi connectivity index (χ4v) is 4.46. The molecule has 3 rings (SSSR count). The molecule has 1 unspecified atom stereocenters. The molecule has 0 aliphatic carbocycles. The van der Waals surface area contributed by atoms with Gasteiger partial charge in [0.15, 0.2) is 0 Å². The Labute approximate surface area is 227 Å². The smallest absolute Gasteiger partial charge is 0.270 e. The second kappa shape index (κ2) is 13.4. The van der Waals surface area contributed by atoms with Crippen LogP contribution in [0.4, 0.5) is 4.39 Å². The van der Waals surface area contributed by atoms with Crippen LogP contribution < -0.4 is 16.0 Å². The molecule has 0 bridgehead atoms. The fraction of sp³-hybridized carbons (Fsp3) is 0.448. The number of aliphatic hydroxyl groups excluding tert-OH is 2. The third kappa shape index (κ3) is 8.43. The highest BCUT2D eigenvalue weighted by Crippen LogP contribution is 2.30. The quantitative estimate of drug-likeness (QED) is 0.310. The number of halogens is 1. The fourth-order valence-electron chi connectivity index (χ4n) is 4.46. The second-order valence-corrected chi connectivity index (χ2v) is 10.8. The van der Waals surface area contributed by atoms with Crippen LogP contribution in [0.5, 0.6) is 0 Å². The zero-order valence-corrected chi connectivity index (χ0v) is 22.5. The Bertz CT molecular complexity index is 1190. The predicted octanol–water partition coefficient (Wildman–Crippen LogP) is 1.46. The number of aliphatic hydroxyl groups is 2. The number of aliphatic imine (C=N–C) groups is 1. The van der Waals surface area contributed by atoms with E-state index in [1.165, 1.54) is 12.1 Å². The van der Waals surface area contributed by atoms with Gasteiger partial charge < -0.3 is 26.2 Å². The van der Waals surface area contributed by atoms with Gasteiger partial charge in [-0.05, 0) is 47.4 Å². The molecule has 0 spiro atoms. The summed E-state index contributed by atoms with van der Waals surface area (Å²) in [4.78, 5) is 43.2. The van der Waals surface area contributed by atoms with Gasteiger partial charge in [0.1, 0.15) is 17.6 Å². The van der Waals surface area contributed by atoms with Crippen molar-refractivity contribution in [1.29, 1.82) is 0 Å². The Balaban J connectivity index is 1.73. The Morgan fingerprint density at radius 3 is 2.44 bits per heavy atom. The van der Waals surface area contributed by atoms with Crippen LogP contribution in [0.25, 0.3) is 0 Å². The summed E-state index contributed by atoms with van der Waals surface area (Å²) in [6, 6.07) is 13.0. The van der Waals surface area contributed by atoms with Gasteiger partial charge in [0.05, 0.1) is 19.3 Å². The minimum absolute atomic E-state index is 0.0743. The van der Waals surface area contributed by atoms with E-state index in [0.29, 0.717) is 24.9 Å². The molecule has 210 valence electrons. The third-order valence-corrected chi connectivity index (χ3v) is 6.59. The van der Waals surface area contributed by atoms with Gasteiger partial charge >= 0.3 is 0 Å². The number of carbonyl (C=O) groups excluding carboxylic acids is 3. The van der Waals surface area contributed by atoms with Crippen LogP contribution in [0, 0.1) is 11.2 Å². The highest BCUT2D eigenvalue weighted by molar-refractivity contribution is 6.46. The molecule has 0 aromatic heterocycles. The van der Waals surface area contributed by atoms with E-state index in [0.717, 1.165) is 11.1 Å². The first-order valence-corrected chi connectivity index (χ1v) is 13.0. The molecular formula is C29H37FN4O5. The van der Waals surface area contributed by atoms with Crippen LogP contribution in [0.3, 0.4) is 0 Å². The molecule has 0 saturated carbocycles. The zero-order valence-electron chi connectivity index (χ0n) is 22.5. The number of amides is 3. The van der Waals surface area contributed by atoms with Crippen LogP contribution in [0.15, 0.2) is 53.5 Å². The number of fused-ring (bicyclic) bond motifs is 1. The number of benzene rings is 2. The van der Waals surface area contributed by atoms with Crippen LogP contribution in [0.2, 0.25) is 0 Å². The molecule has 0 saturated heterocycles. The van der Waals surface area contributed by atoms with Gasteiger partial charge in [-0.3, -0.25) is 19.4 Å². The highest BCUT2D eigenvalue weighted by atomic mass is 19.1. The Morgan fingerprint density at radius 1 is 1.08 bits per heavy atom. The summed E-state index contributed by atoms with van der Waals surface area (Å²) in [6.07, 6.45) is 0.283. The van der Waals surface area contributed by atoms with Gasteiger partial charge in [-0.2, -0.15) is 0 Å². The predicted molar refractivity (Wildman–Crippen MR) is 146 cm³/mol. The Kier molecular flexibility index (Phi) is 10.3. The van der Waals surface area contributed by atoms with Gasteiger partial charge in [-0.25, -0.2) is 4.39 Å². The van der Waals surface area contributed by atoms with E-state index in [2.05, 4.69) is 20.9 Å². The van der Waals surface area contributed by atoms with Crippen LogP contribution >= 0.6 is 0 Å². The number of nitrogens with zero attached hydrogens (tertiary/aromatic N) is 1. The van der Waals surface area contributed by atoms with E-state index in [1.807, 2.05) is 24.3 Å². The van der Waals surface area contributed by atoms with Gasteiger partial charge in [-0.15, -0.1) is 0 Å². The number of carbonyl (C=O) groups is 3. The van der Waals surface area contributed by atoms with Gasteiger partial charge in [0.2, 0.25) is 11.8 Å². The van der Waals surface area contributed by atoms with Gasteiger partial charge in [0, 0.05) is 18.7 Å². The maximum absolute atomic E-state index is 13.5. The maximum atomic E-state index is 13.5.